The Morgan fingerprint density at radius 2 is 1.65 bits per heavy atom. The average molecular weight is 907 g/mol. The molecule has 4 aromatic rings. The Hall–Kier alpha value is -6.01. The van der Waals surface area contributed by atoms with Gasteiger partial charge >= 0.3 is 0 Å². The number of likely N-dealkylation sites (tertiary alicyclic amines) is 2. The summed E-state index contributed by atoms with van der Waals surface area (Å²) in [6, 6.07) is 7.68. The van der Waals surface area contributed by atoms with Crippen molar-refractivity contribution in [2.45, 2.75) is 89.8 Å². The summed E-state index contributed by atoms with van der Waals surface area (Å²) in [5.74, 6) is -0.757. The summed E-state index contributed by atoms with van der Waals surface area (Å²) >= 11 is 0. The zero-order valence-electron chi connectivity index (χ0n) is 37.5. The van der Waals surface area contributed by atoms with Crippen molar-refractivity contribution in [1.29, 1.82) is 0 Å². The number of alkyl halides is 2. The molecule has 0 saturated carbocycles. The zero-order chi connectivity index (χ0) is 45.8. The van der Waals surface area contributed by atoms with Gasteiger partial charge in [0.25, 0.3) is 18.2 Å². The van der Waals surface area contributed by atoms with Crippen LogP contribution in [0, 0.1) is 5.92 Å². The zero-order valence-corrected chi connectivity index (χ0v) is 37.5. The largest absolute Gasteiger partial charge is 0.492 e. The summed E-state index contributed by atoms with van der Waals surface area (Å²) in [6.07, 6.45) is 6.97. The minimum absolute atomic E-state index is 0.0125. The first-order chi connectivity index (χ1) is 31.9. The fraction of sp³-hybridized carbons (Fsp3) is 0.521. The number of aromatic nitrogens is 4. The van der Waals surface area contributed by atoms with Gasteiger partial charge in [-0.05, 0) is 99.3 Å². The molecule has 66 heavy (non-hydrogen) atoms. The summed E-state index contributed by atoms with van der Waals surface area (Å²) in [7, 11) is 1.78. The van der Waals surface area contributed by atoms with E-state index in [-0.39, 0.29) is 47.4 Å². The topological polar surface area (TPSA) is 158 Å². The molecule has 5 amide bonds. The summed E-state index contributed by atoms with van der Waals surface area (Å²) in [5.41, 5.74) is 5.47. The van der Waals surface area contributed by atoms with Gasteiger partial charge in [0.05, 0.1) is 36.5 Å². The summed E-state index contributed by atoms with van der Waals surface area (Å²) in [6.45, 7) is 9.37. The molecule has 18 heteroatoms. The Balaban J connectivity index is 0.752. The number of nitrogens with zero attached hydrogens (tertiary/aromatic N) is 9. The summed E-state index contributed by atoms with van der Waals surface area (Å²) < 4.78 is 39.5. The molecule has 3 saturated heterocycles. The molecule has 10 rings (SSSR count). The predicted molar refractivity (Wildman–Crippen MR) is 238 cm³/mol. The van der Waals surface area contributed by atoms with Crippen LogP contribution in [0.25, 0.3) is 11.1 Å². The molecule has 1 N–H and O–H groups in total. The number of amides is 5. The molecule has 0 spiro atoms. The highest BCUT2D eigenvalue weighted by Crippen LogP contribution is 2.44. The molecule has 0 aliphatic carbocycles. The van der Waals surface area contributed by atoms with Gasteiger partial charge in [-0.1, -0.05) is 6.07 Å². The third kappa shape index (κ3) is 8.26. The first-order valence-electron chi connectivity index (χ1n) is 23.4. The molecule has 0 radical (unpaired) electrons. The lowest BCUT2D eigenvalue weighted by Gasteiger charge is -2.36. The van der Waals surface area contributed by atoms with Crippen LogP contribution in [0.4, 0.5) is 20.3 Å². The minimum atomic E-state index is -2.67. The van der Waals surface area contributed by atoms with E-state index in [1.54, 1.807) is 55.3 Å². The Bertz CT molecular complexity index is 2580. The molecule has 6 aliphatic heterocycles. The number of carbonyl (C=O) groups excluding carboxylic acids is 5. The molecule has 16 nitrogen and oxygen atoms in total. The number of benzene rings is 2. The van der Waals surface area contributed by atoms with Crippen LogP contribution in [-0.2, 0) is 40.8 Å². The van der Waals surface area contributed by atoms with E-state index in [0.717, 1.165) is 111 Å². The van der Waals surface area contributed by atoms with E-state index in [0.29, 0.717) is 49.5 Å². The maximum Gasteiger partial charge on any atom is 0.266 e. The van der Waals surface area contributed by atoms with Crippen LogP contribution in [0.3, 0.4) is 0 Å². The fourth-order valence-electron chi connectivity index (χ4n) is 10.9. The standard InChI is InChI=1S/C48H56F2N10O6/c1-29(61)57-20-14-38-37(27-57)45(58-15-4-5-31-23-35(32-25-51-54(2)26-32)36(44(49)50)24-40(31)58)53-60(38)33-12-18-56(19-13-33)22-21-55-16-10-30(11-17-55)28-66-41-7-3-6-34-43(41)48(65)59(47(34)64)39-8-9-42(62)52-46(39)63/h3,6-7,23-26,30,33,39,44H,4-5,8-22,27-28H2,1-2H3,(H,52,62,63). The normalized spacial score (nSPS) is 21.1. The number of anilines is 2. The second-order valence-corrected chi connectivity index (χ2v) is 18.7. The first-order valence-corrected chi connectivity index (χ1v) is 23.4. The quantitative estimate of drug-likeness (QED) is 0.201. The number of ether oxygens (including phenoxy) is 1. The van der Waals surface area contributed by atoms with E-state index in [1.165, 1.54) is 0 Å². The lowest BCUT2D eigenvalue weighted by Crippen LogP contribution is -2.54. The molecule has 8 heterocycles. The second-order valence-electron chi connectivity index (χ2n) is 18.7. The maximum absolute atomic E-state index is 14.7. The highest BCUT2D eigenvalue weighted by molar-refractivity contribution is 6.24. The number of fused-ring (bicyclic) bond motifs is 3. The Morgan fingerprint density at radius 3 is 2.35 bits per heavy atom. The highest BCUT2D eigenvalue weighted by atomic mass is 19.3. The van der Waals surface area contributed by atoms with Crippen LogP contribution in [0.2, 0.25) is 0 Å². The van der Waals surface area contributed by atoms with Crippen molar-refractivity contribution >= 4 is 41.0 Å². The summed E-state index contributed by atoms with van der Waals surface area (Å²) in [5, 5.41) is 11.8. The summed E-state index contributed by atoms with van der Waals surface area (Å²) in [4.78, 5) is 73.6. The van der Waals surface area contributed by atoms with Crippen LogP contribution < -0.4 is 15.0 Å². The third-order valence-electron chi connectivity index (χ3n) is 14.6. The molecule has 0 bridgehead atoms. The number of hydrogen-bond donors (Lipinski definition) is 1. The third-order valence-corrected chi connectivity index (χ3v) is 14.6. The molecule has 6 aliphatic rings. The van der Waals surface area contributed by atoms with Gasteiger partial charge in [0, 0.05) is 100 Å². The van der Waals surface area contributed by atoms with Crippen molar-refractivity contribution in [3.8, 4) is 16.9 Å². The number of rotatable bonds is 11. The monoisotopic (exact) mass is 906 g/mol. The number of nitrogens with one attached hydrogen (secondary N) is 1. The molecule has 1 unspecified atom stereocenters. The van der Waals surface area contributed by atoms with Gasteiger partial charge in [0.2, 0.25) is 17.7 Å². The lowest BCUT2D eigenvalue weighted by molar-refractivity contribution is -0.136. The van der Waals surface area contributed by atoms with Crippen LogP contribution in [0.1, 0.15) is 107 Å². The molecule has 348 valence electrons. The van der Waals surface area contributed by atoms with E-state index in [4.69, 9.17) is 9.84 Å². The van der Waals surface area contributed by atoms with Crippen LogP contribution >= 0.6 is 0 Å². The van der Waals surface area contributed by atoms with E-state index in [1.807, 2.05) is 11.0 Å². The Kier molecular flexibility index (Phi) is 12.0. The van der Waals surface area contributed by atoms with Crippen molar-refractivity contribution in [3.63, 3.8) is 0 Å². The molecule has 1 atom stereocenters. The number of imide groups is 2. The van der Waals surface area contributed by atoms with Gasteiger partial charge in [-0.25, -0.2) is 8.78 Å². The number of hydrogen-bond acceptors (Lipinski definition) is 11. The van der Waals surface area contributed by atoms with Crippen LogP contribution in [-0.4, -0.2) is 134 Å². The minimum Gasteiger partial charge on any atom is -0.492 e. The van der Waals surface area contributed by atoms with Gasteiger partial charge in [-0.15, -0.1) is 0 Å². The van der Waals surface area contributed by atoms with E-state index in [2.05, 4.69) is 29.8 Å². The van der Waals surface area contributed by atoms with Crippen molar-refractivity contribution in [3.05, 3.63) is 76.2 Å². The SMILES string of the molecule is CC(=O)N1CCc2c(c(N3CCCc4cc(-c5cnn(C)c5)c(C(F)F)cc43)nn2C2CCN(CCN3CCC(COc4cccc5c4C(=O)N(C4CCC(=O)NC4=O)C5=O)CC3)CC2)C1. The number of carbonyl (C=O) groups is 5. The van der Waals surface area contributed by atoms with E-state index in [9.17, 15) is 32.8 Å². The van der Waals surface area contributed by atoms with Gasteiger partial charge in [0.1, 0.15) is 11.8 Å². The Morgan fingerprint density at radius 1 is 0.894 bits per heavy atom. The van der Waals surface area contributed by atoms with E-state index >= 15 is 0 Å². The van der Waals surface area contributed by atoms with Gasteiger partial charge in [0.15, 0.2) is 5.82 Å². The Labute approximate surface area is 381 Å². The van der Waals surface area contributed by atoms with Crippen molar-refractivity contribution in [2.75, 3.05) is 63.9 Å². The number of piperidine rings is 3. The van der Waals surface area contributed by atoms with Gasteiger partial charge in [-0.2, -0.15) is 10.2 Å². The average Bonchev–Trinajstić information content (AvgIpc) is 4.00. The molecule has 2 aromatic heterocycles. The molecular weight excluding hydrogens is 851 g/mol. The smallest absolute Gasteiger partial charge is 0.266 e. The maximum atomic E-state index is 14.7. The fourth-order valence-corrected chi connectivity index (χ4v) is 10.9. The van der Waals surface area contributed by atoms with Gasteiger partial charge in [-0.3, -0.25) is 43.6 Å². The molecule has 2 aromatic carbocycles. The van der Waals surface area contributed by atoms with Crippen molar-refractivity contribution < 1.29 is 37.5 Å². The highest BCUT2D eigenvalue weighted by Gasteiger charge is 2.46. The van der Waals surface area contributed by atoms with Crippen molar-refractivity contribution in [2.24, 2.45) is 13.0 Å². The number of halogens is 2. The van der Waals surface area contributed by atoms with Crippen molar-refractivity contribution in [1.82, 2.24) is 44.5 Å². The van der Waals surface area contributed by atoms with Crippen LogP contribution in [0.15, 0.2) is 42.7 Å². The van der Waals surface area contributed by atoms with Crippen LogP contribution in [0.5, 0.6) is 5.75 Å². The lowest BCUT2D eigenvalue weighted by atomic mass is 9.92. The predicted octanol–water partition coefficient (Wildman–Crippen LogP) is 5.04. The van der Waals surface area contributed by atoms with Gasteiger partial charge < -0.3 is 24.3 Å². The second kappa shape index (κ2) is 18.0. The molecular formula is C48H56F2N10O6. The van der Waals surface area contributed by atoms with E-state index < -0.39 is 36.1 Å². The molecule has 3 fully saturated rings. The first kappa shape index (κ1) is 43.9. The number of aryl methyl sites for hydroxylation is 2.